The van der Waals surface area contributed by atoms with Gasteiger partial charge in [0.1, 0.15) is 11.5 Å². The zero-order valence-corrected chi connectivity index (χ0v) is 9.40. The number of hydrogen-bond donors (Lipinski definition) is 1. The zero-order chi connectivity index (χ0) is 11.3. The average molecular weight is 220 g/mol. The summed E-state index contributed by atoms with van der Waals surface area (Å²) in [6.07, 6.45) is 3.34. The Kier molecular flexibility index (Phi) is 1.94. The molecular weight excluding hydrogens is 204 g/mol. The number of furan rings is 1. The van der Waals surface area contributed by atoms with Crippen LogP contribution in [-0.2, 0) is 11.2 Å². The van der Waals surface area contributed by atoms with E-state index < -0.39 is 11.4 Å². The second kappa shape index (κ2) is 3.12. The lowest BCUT2D eigenvalue weighted by atomic mass is 10.0. The Morgan fingerprint density at radius 2 is 2.25 bits per heavy atom. The summed E-state index contributed by atoms with van der Waals surface area (Å²) in [5.74, 6) is 2.52. The SMILES string of the molecule is CC1CC1c1ccc(CC2(C(=O)O)CC2)o1. The fourth-order valence-electron chi connectivity index (χ4n) is 2.36. The lowest BCUT2D eigenvalue weighted by Crippen LogP contribution is -2.17. The average Bonchev–Trinajstić information content (AvgIpc) is 3.09. The van der Waals surface area contributed by atoms with Crippen molar-refractivity contribution in [3.05, 3.63) is 23.7 Å². The molecule has 2 unspecified atom stereocenters. The quantitative estimate of drug-likeness (QED) is 0.848. The van der Waals surface area contributed by atoms with Crippen molar-refractivity contribution in [2.24, 2.45) is 11.3 Å². The molecule has 1 aromatic rings. The number of carboxylic acids is 1. The third kappa shape index (κ3) is 1.55. The van der Waals surface area contributed by atoms with Gasteiger partial charge >= 0.3 is 5.97 Å². The van der Waals surface area contributed by atoms with E-state index in [2.05, 4.69) is 6.92 Å². The summed E-state index contributed by atoms with van der Waals surface area (Å²) < 4.78 is 5.74. The van der Waals surface area contributed by atoms with Gasteiger partial charge in [0.15, 0.2) is 0 Å². The second-order valence-corrected chi connectivity index (χ2v) is 5.39. The maximum atomic E-state index is 11.1. The molecule has 0 saturated heterocycles. The zero-order valence-electron chi connectivity index (χ0n) is 9.40. The maximum absolute atomic E-state index is 11.1. The Morgan fingerprint density at radius 3 is 2.75 bits per heavy atom. The van der Waals surface area contributed by atoms with Crippen LogP contribution in [0.25, 0.3) is 0 Å². The molecule has 3 rings (SSSR count). The van der Waals surface area contributed by atoms with Crippen LogP contribution >= 0.6 is 0 Å². The summed E-state index contributed by atoms with van der Waals surface area (Å²) >= 11 is 0. The minimum atomic E-state index is -0.676. The molecule has 2 aliphatic rings. The highest BCUT2D eigenvalue weighted by Crippen LogP contribution is 2.50. The van der Waals surface area contributed by atoms with Crippen LogP contribution in [-0.4, -0.2) is 11.1 Å². The molecule has 2 atom stereocenters. The molecule has 0 aromatic carbocycles. The van der Waals surface area contributed by atoms with E-state index in [1.54, 1.807) is 0 Å². The van der Waals surface area contributed by atoms with Crippen molar-refractivity contribution >= 4 is 5.97 Å². The summed E-state index contributed by atoms with van der Waals surface area (Å²) in [4.78, 5) is 11.1. The Morgan fingerprint density at radius 1 is 1.56 bits per heavy atom. The van der Waals surface area contributed by atoms with Gasteiger partial charge in [-0.2, -0.15) is 0 Å². The molecule has 0 spiro atoms. The van der Waals surface area contributed by atoms with Gasteiger partial charge in [-0.15, -0.1) is 0 Å². The molecule has 0 amide bonds. The lowest BCUT2D eigenvalue weighted by Gasteiger charge is -2.06. The second-order valence-electron chi connectivity index (χ2n) is 5.39. The first-order valence-corrected chi connectivity index (χ1v) is 5.93. The van der Waals surface area contributed by atoms with E-state index in [0.717, 1.165) is 30.3 Å². The number of aliphatic carboxylic acids is 1. The van der Waals surface area contributed by atoms with Gasteiger partial charge in [-0.05, 0) is 37.3 Å². The topological polar surface area (TPSA) is 50.4 Å². The van der Waals surface area contributed by atoms with Crippen LogP contribution in [0, 0.1) is 11.3 Å². The highest BCUT2D eigenvalue weighted by atomic mass is 16.4. The van der Waals surface area contributed by atoms with Gasteiger partial charge in [0, 0.05) is 12.3 Å². The summed E-state index contributed by atoms with van der Waals surface area (Å²) in [5, 5.41) is 9.09. The minimum absolute atomic E-state index is 0.510. The molecule has 3 heteroatoms. The molecule has 2 saturated carbocycles. The summed E-state index contributed by atoms with van der Waals surface area (Å²) in [5.41, 5.74) is -0.510. The number of carboxylic acid groups (broad SMARTS) is 1. The molecule has 16 heavy (non-hydrogen) atoms. The van der Waals surface area contributed by atoms with Gasteiger partial charge < -0.3 is 9.52 Å². The highest BCUT2D eigenvalue weighted by Gasteiger charge is 2.51. The molecule has 86 valence electrons. The Hall–Kier alpha value is -1.25. The smallest absolute Gasteiger partial charge is 0.310 e. The molecule has 2 aliphatic carbocycles. The van der Waals surface area contributed by atoms with Crippen LogP contribution in [0.5, 0.6) is 0 Å². The molecule has 0 bridgehead atoms. The van der Waals surface area contributed by atoms with E-state index in [-0.39, 0.29) is 0 Å². The first kappa shape index (κ1) is 9.94. The third-order valence-corrected chi connectivity index (χ3v) is 3.98. The van der Waals surface area contributed by atoms with E-state index in [1.807, 2.05) is 12.1 Å². The van der Waals surface area contributed by atoms with E-state index in [9.17, 15) is 4.79 Å². The number of carbonyl (C=O) groups is 1. The fraction of sp³-hybridized carbons (Fsp3) is 0.615. The standard InChI is InChI=1S/C13H16O3/c1-8-6-10(8)11-3-2-9(16-11)7-13(4-5-13)12(14)15/h2-3,8,10H,4-7H2,1H3,(H,14,15). The summed E-state index contributed by atoms with van der Waals surface area (Å²) in [6.45, 7) is 2.21. The van der Waals surface area contributed by atoms with Crippen LogP contribution in [0.2, 0.25) is 0 Å². The molecule has 0 aliphatic heterocycles. The minimum Gasteiger partial charge on any atom is -0.481 e. The Balaban J connectivity index is 1.71. The van der Waals surface area contributed by atoms with E-state index >= 15 is 0 Å². The molecule has 2 fully saturated rings. The first-order chi connectivity index (χ1) is 7.61. The van der Waals surface area contributed by atoms with E-state index in [0.29, 0.717) is 12.3 Å². The van der Waals surface area contributed by atoms with Gasteiger partial charge in [-0.25, -0.2) is 0 Å². The van der Waals surface area contributed by atoms with Gasteiger partial charge in [-0.1, -0.05) is 6.92 Å². The monoisotopic (exact) mass is 220 g/mol. The molecule has 1 aromatic heterocycles. The largest absolute Gasteiger partial charge is 0.481 e. The van der Waals surface area contributed by atoms with Crippen molar-refractivity contribution in [2.75, 3.05) is 0 Å². The fourth-order valence-corrected chi connectivity index (χ4v) is 2.36. The Labute approximate surface area is 94.5 Å². The molecule has 1 heterocycles. The van der Waals surface area contributed by atoms with Gasteiger partial charge in [0.05, 0.1) is 5.41 Å². The van der Waals surface area contributed by atoms with Crippen molar-refractivity contribution in [3.63, 3.8) is 0 Å². The Bertz CT molecular complexity index is 428. The van der Waals surface area contributed by atoms with Crippen LogP contribution in [0.15, 0.2) is 16.5 Å². The van der Waals surface area contributed by atoms with Crippen molar-refractivity contribution in [3.8, 4) is 0 Å². The molecular formula is C13H16O3. The van der Waals surface area contributed by atoms with Crippen molar-refractivity contribution in [1.82, 2.24) is 0 Å². The maximum Gasteiger partial charge on any atom is 0.310 e. The summed E-state index contributed by atoms with van der Waals surface area (Å²) in [7, 11) is 0. The van der Waals surface area contributed by atoms with Gasteiger partial charge in [0.2, 0.25) is 0 Å². The predicted octanol–water partition coefficient (Wildman–Crippen LogP) is 2.81. The first-order valence-electron chi connectivity index (χ1n) is 5.93. The molecule has 0 radical (unpaired) electrons. The highest BCUT2D eigenvalue weighted by molar-refractivity contribution is 5.78. The van der Waals surface area contributed by atoms with Crippen molar-refractivity contribution in [1.29, 1.82) is 0 Å². The predicted molar refractivity (Wildman–Crippen MR) is 58.2 cm³/mol. The summed E-state index contributed by atoms with van der Waals surface area (Å²) in [6, 6.07) is 3.96. The van der Waals surface area contributed by atoms with Crippen LogP contribution in [0.1, 0.15) is 43.6 Å². The van der Waals surface area contributed by atoms with Crippen LogP contribution in [0.3, 0.4) is 0 Å². The molecule has 3 nitrogen and oxygen atoms in total. The van der Waals surface area contributed by atoms with E-state index in [4.69, 9.17) is 9.52 Å². The van der Waals surface area contributed by atoms with Gasteiger partial charge in [0.25, 0.3) is 0 Å². The number of hydrogen-bond acceptors (Lipinski definition) is 2. The van der Waals surface area contributed by atoms with Crippen molar-refractivity contribution in [2.45, 2.75) is 38.5 Å². The van der Waals surface area contributed by atoms with Crippen LogP contribution in [0.4, 0.5) is 0 Å². The molecule has 1 N–H and O–H groups in total. The lowest BCUT2D eigenvalue weighted by molar-refractivity contribution is -0.143. The van der Waals surface area contributed by atoms with Crippen LogP contribution < -0.4 is 0 Å². The normalized spacial score (nSPS) is 30.1. The van der Waals surface area contributed by atoms with E-state index in [1.165, 1.54) is 6.42 Å². The number of rotatable bonds is 4. The third-order valence-electron chi connectivity index (χ3n) is 3.98. The van der Waals surface area contributed by atoms with Gasteiger partial charge in [-0.3, -0.25) is 4.79 Å². The van der Waals surface area contributed by atoms with Crippen molar-refractivity contribution < 1.29 is 14.3 Å².